The number of nitrogens with zero attached hydrogens (tertiary/aromatic N) is 4. The third-order valence-corrected chi connectivity index (χ3v) is 6.55. The number of hydrogen-bond acceptors (Lipinski definition) is 7. The number of methoxy groups -OCH3 is 1. The number of β-amino-alcohol motifs (C(OH)–C–C–N with tert-alkyl or cyclic N) is 1. The predicted molar refractivity (Wildman–Crippen MR) is 138 cm³/mol. The summed E-state index contributed by atoms with van der Waals surface area (Å²) in [6.45, 7) is 14.5. The molecule has 1 N–H and O–H groups in total. The Morgan fingerprint density at radius 2 is 1.46 bits per heavy atom. The van der Waals surface area contributed by atoms with Crippen LogP contribution in [0.1, 0.15) is 53.6 Å². The Bertz CT molecular complexity index is 1100. The van der Waals surface area contributed by atoms with Gasteiger partial charge in [-0.2, -0.15) is 0 Å². The SMILES string of the molecule is COc1ccc(OC(C)(C)C(O)CN2CCN(c3cc(=O)n(C(C)C)c(=O)n3C(C)C)CC2)cc1. The van der Waals surface area contributed by atoms with Crippen molar-refractivity contribution in [3.63, 3.8) is 0 Å². The smallest absolute Gasteiger partial charge is 0.333 e. The van der Waals surface area contributed by atoms with Crippen LogP contribution >= 0.6 is 0 Å². The molecule has 0 amide bonds. The van der Waals surface area contributed by atoms with Crippen LogP contribution in [-0.4, -0.2) is 70.7 Å². The van der Waals surface area contributed by atoms with Crippen molar-refractivity contribution in [3.05, 3.63) is 51.2 Å². The summed E-state index contributed by atoms with van der Waals surface area (Å²) in [5.74, 6) is 2.08. The number of hydrogen-bond donors (Lipinski definition) is 1. The maximum Gasteiger partial charge on any atom is 0.333 e. The van der Waals surface area contributed by atoms with E-state index in [4.69, 9.17) is 9.47 Å². The highest BCUT2D eigenvalue weighted by Gasteiger charge is 2.33. The Morgan fingerprint density at radius 1 is 0.914 bits per heavy atom. The molecule has 2 aromatic rings. The second-order valence-corrected chi connectivity index (χ2v) is 10.2. The van der Waals surface area contributed by atoms with Crippen LogP contribution in [0.15, 0.2) is 39.9 Å². The summed E-state index contributed by atoms with van der Waals surface area (Å²) in [5.41, 5.74) is -1.33. The van der Waals surface area contributed by atoms with Crippen LogP contribution in [-0.2, 0) is 0 Å². The summed E-state index contributed by atoms with van der Waals surface area (Å²) in [4.78, 5) is 30.0. The van der Waals surface area contributed by atoms with E-state index >= 15 is 0 Å². The van der Waals surface area contributed by atoms with E-state index in [1.54, 1.807) is 17.7 Å². The zero-order valence-corrected chi connectivity index (χ0v) is 22.0. The number of aliphatic hydroxyl groups is 1. The van der Waals surface area contributed by atoms with Crippen LogP contribution in [0.25, 0.3) is 0 Å². The lowest BCUT2D eigenvalue weighted by atomic mass is 10.0. The molecule has 1 unspecified atom stereocenters. The first kappa shape index (κ1) is 26.8. The third kappa shape index (κ3) is 6.08. The standard InChI is InChI=1S/C26H40N4O5/c1-18(2)29-23(16-24(32)30(19(3)4)25(29)33)28-14-12-27(13-15-28)17-22(31)26(5,6)35-21-10-8-20(34-7)9-11-21/h8-11,16,18-19,22,31H,12-15,17H2,1-7H3. The van der Waals surface area contributed by atoms with Crippen molar-refractivity contribution in [1.29, 1.82) is 0 Å². The molecule has 1 aliphatic heterocycles. The lowest BCUT2D eigenvalue weighted by Crippen LogP contribution is -2.54. The first-order valence-corrected chi connectivity index (χ1v) is 12.3. The van der Waals surface area contributed by atoms with E-state index in [9.17, 15) is 14.7 Å². The molecular formula is C26H40N4O5. The Hall–Kier alpha value is -2.78. The molecule has 9 nitrogen and oxygen atoms in total. The summed E-state index contributed by atoms with van der Waals surface area (Å²) >= 11 is 0. The van der Waals surface area contributed by atoms with Gasteiger partial charge in [-0.3, -0.25) is 18.8 Å². The highest BCUT2D eigenvalue weighted by Crippen LogP contribution is 2.25. The van der Waals surface area contributed by atoms with Crippen molar-refractivity contribution in [1.82, 2.24) is 14.0 Å². The maximum atomic E-state index is 13.1. The third-order valence-electron chi connectivity index (χ3n) is 6.55. The molecule has 0 radical (unpaired) electrons. The lowest BCUT2D eigenvalue weighted by molar-refractivity contribution is -0.0450. The molecule has 1 atom stereocenters. The Balaban J connectivity index is 1.66. The molecule has 1 aromatic carbocycles. The summed E-state index contributed by atoms with van der Waals surface area (Å²) in [6, 6.07) is 8.62. The molecule has 2 heterocycles. The minimum Gasteiger partial charge on any atom is -0.497 e. The monoisotopic (exact) mass is 488 g/mol. The minimum atomic E-state index is -0.787. The fraction of sp³-hybridized carbons (Fsp3) is 0.615. The molecule has 0 spiro atoms. The number of rotatable bonds is 9. The van der Waals surface area contributed by atoms with Gasteiger partial charge in [0.2, 0.25) is 0 Å². The Kier molecular flexibility index (Phi) is 8.33. The van der Waals surface area contributed by atoms with E-state index in [1.165, 1.54) is 4.57 Å². The number of anilines is 1. The molecular weight excluding hydrogens is 448 g/mol. The number of piperazine rings is 1. The first-order chi connectivity index (χ1) is 16.4. The maximum absolute atomic E-state index is 13.1. The number of aliphatic hydroxyl groups excluding tert-OH is 1. The summed E-state index contributed by atoms with van der Waals surface area (Å²) in [6.07, 6.45) is -0.708. The van der Waals surface area contributed by atoms with Gasteiger partial charge in [0.1, 0.15) is 29.0 Å². The first-order valence-electron chi connectivity index (χ1n) is 12.3. The molecule has 0 aliphatic carbocycles. The molecule has 35 heavy (non-hydrogen) atoms. The van der Waals surface area contributed by atoms with Crippen molar-refractivity contribution in [2.24, 2.45) is 0 Å². The van der Waals surface area contributed by atoms with Crippen molar-refractivity contribution < 1.29 is 14.6 Å². The van der Waals surface area contributed by atoms with Crippen molar-refractivity contribution in [3.8, 4) is 11.5 Å². The number of ether oxygens (including phenoxy) is 2. The van der Waals surface area contributed by atoms with E-state index < -0.39 is 11.7 Å². The molecule has 0 bridgehead atoms. The van der Waals surface area contributed by atoms with E-state index in [1.807, 2.05) is 65.8 Å². The zero-order valence-electron chi connectivity index (χ0n) is 22.0. The summed E-state index contributed by atoms with van der Waals surface area (Å²) in [7, 11) is 1.62. The van der Waals surface area contributed by atoms with Crippen LogP contribution in [0.2, 0.25) is 0 Å². The molecule has 9 heteroatoms. The normalized spacial score (nSPS) is 16.1. The van der Waals surface area contributed by atoms with Crippen molar-refractivity contribution in [2.75, 3.05) is 44.7 Å². The molecule has 1 fully saturated rings. The van der Waals surface area contributed by atoms with Crippen molar-refractivity contribution >= 4 is 5.82 Å². The second kappa shape index (κ2) is 10.9. The highest BCUT2D eigenvalue weighted by molar-refractivity contribution is 5.40. The van der Waals surface area contributed by atoms with Gasteiger partial charge in [0, 0.05) is 50.9 Å². The topological polar surface area (TPSA) is 89.2 Å². The van der Waals surface area contributed by atoms with E-state index in [2.05, 4.69) is 9.80 Å². The fourth-order valence-electron chi connectivity index (χ4n) is 4.40. The van der Waals surface area contributed by atoms with Crippen LogP contribution in [0.5, 0.6) is 11.5 Å². The van der Waals surface area contributed by atoms with Crippen LogP contribution in [0.4, 0.5) is 5.82 Å². The van der Waals surface area contributed by atoms with Crippen LogP contribution in [0.3, 0.4) is 0 Å². The van der Waals surface area contributed by atoms with Gasteiger partial charge in [-0.05, 0) is 65.8 Å². The van der Waals surface area contributed by atoms with Gasteiger partial charge < -0.3 is 19.5 Å². The molecule has 3 rings (SSSR count). The van der Waals surface area contributed by atoms with Gasteiger partial charge in [-0.1, -0.05) is 0 Å². The predicted octanol–water partition coefficient (Wildman–Crippen LogP) is 2.52. The van der Waals surface area contributed by atoms with Crippen LogP contribution < -0.4 is 25.6 Å². The molecule has 194 valence electrons. The molecule has 0 saturated carbocycles. The van der Waals surface area contributed by atoms with Crippen molar-refractivity contribution in [2.45, 2.75) is 65.3 Å². The molecule has 1 aliphatic rings. The van der Waals surface area contributed by atoms with Gasteiger partial charge in [0.05, 0.1) is 7.11 Å². The number of benzene rings is 1. The largest absolute Gasteiger partial charge is 0.497 e. The van der Waals surface area contributed by atoms with Crippen LogP contribution in [0, 0.1) is 0 Å². The van der Waals surface area contributed by atoms with Gasteiger partial charge >= 0.3 is 5.69 Å². The highest BCUT2D eigenvalue weighted by atomic mass is 16.5. The van der Waals surface area contributed by atoms with E-state index in [0.29, 0.717) is 44.3 Å². The lowest BCUT2D eigenvalue weighted by Gasteiger charge is -2.40. The van der Waals surface area contributed by atoms with Gasteiger partial charge in [-0.15, -0.1) is 0 Å². The van der Waals surface area contributed by atoms with E-state index in [0.717, 1.165) is 5.75 Å². The Labute approximate surface area is 207 Å². The minimum absolute atomic E-state index is 0.0705. The van der Waals surface area contributed by atoms with Gasteiger partial charge in [0.25, 0.3) is 5.56 Å². The quantitative estimate of drug-likeness (QED) is 0.580. The average Bonchev–Trinajstić information content (AvgIpc) is 2.78. The fourth-order valence-corrected chi connectivity index (χ4v) is 4.40. The zero-order chi connectivity index (χ0) is 25.9. The average molecular weight is 489 g/mol. The van der Waals surface area contributed by atoms with E-state index in [-0.39, 0.29) is 23.3 Å². The summed E-state index contributed by atoms with van der Waals surface area (Å²) < 4.78 is 14.3. The Morgan fingerprint density at radius 3 is 1.97 bits per heavy atom. The number of aromatic nitrogens is 2. The second-order valence-electron chi connectivity index (χ2n) is 10.2. The van der Waals surface area contributed by atoms with Gasteiger partial charge in [-0.25, -0.2) is 4.79 Å². The van der Waals surface area contributed by atoms with Gasteiger partial charge in [0.15, 0.2) is 0 Å². The molecule has 1 aromatic heterocycles. The molecule has 1 saturated heterocycles. The summed E-state index contributed by atoms with van der Waals surface area (Å²) in [5, 5.41) is 11.0.